The van der Waals surface area contributed by atoms with Gasteiger partial charge < -0.3 is 25.8 Å². The fourth-order valence-corrected chi connectivity index (χ4v) is 4.20. The Kier molecular flexibility index (Phi) is 6.66. The lowest BCUT2D eigenvalue weighted by Crippen LogP contribution is -2.38. The van der Waals surface area contributed by atoms with E-state index in [1.807, 2.05) is 19.9 Å². The molecule has 1 unspecified atom stereocenters. The third kappa shape index (κ3) is 5.58. The summed E-state index contributed by atoms with van der Waals surface area (Å²) in [6.45, 7) is 6.75. The van der Waals surface area contributed by atoms with Crippen LogP contribution >= 0.6 is 0 Å². The van der Waals surface area contributed by atoms with Crippen molar-refractivity contribution in [3.63, 3.8) is 0 Å². The molecule has 8 nitrogen and oxygen atoms in total. The minimum absolute atomic E-state index is 0.169. The second-order valence-electron chi connectivity index (χ2n) is 9.43. The maximum atomic E-state index is 14.6. The highest BCUT2D eigenvalue weighted by Crippen LogP contribution is 2.32. The normalized spacial score (nSPS) is 22.4. The van der Waals surface area contributed by atoms with Crippen molar-refractivity contribution in [3.8, 4) is 5.75 Å². The van der Waals surface area contributed by atoms with Crippen molar-refractivity contribution in [3.05, 3.63) is 41.1 Å². The number of hydrogen-bond donors (Lipinski definition) is 3. The minimum Gasteiger partial charge on any atom is -0.492 e. The van der Waals surface area contributed by atoms with Gasteiger partial charge in [-0.15, -0.1) is 0 Å². The van der Waals surface area contributed by atoms with E-state index in [0.717, 1.165) is 30.6 Å². The van der Waals surface area contributed by atoms with Crippen molar-refractivity contribution in [1.82, 2.24) is 15.5 Å². The second kappa shape index (κ2) is 9.46. The Labute approximate surface area is 188 Å². The summed E-state index contributed by atoms with van der Waals surface area (Å²) in [5.74, 6) is 1.24. The van der Waals surface area contributed by atoms with Gasteiger partial charge in [-0.25, -0.2) is 14.2 Å². The number of rotatable bonds is 9. The second-order valence-corrected chi connectivity index (χ2v) is 9.43. The Morgan fingerprint density at radius 1 is 1.41 bits per heavy atom. The van der Waals surface area contributed by atoms with Crippen LogP contribution in [0.1, 0.15) is 31.4 Å². The van der Waals surface area contributed by atoms with Gasteiger partial charge in [-0.05, 0) is 69.3 Å². The maximum Gasteiger partial charge on any atom is 0.415 e. The highest BCUT2D eigenvalue weighted by molar-refractivity contribution is 5.73. The molecule has 0 spiro atoms. The first-order chi connectivity index (χ1) is 15.3. The Morgan fingerprint density at radius 3 is 3.00 bits per heavy atom. The molecule has 0 aromatic heterocycles. The molecule has 3 aliphatic rings. The Bertz CT molecular complexity index is 912. The van der Waals surface area contributed by atoms with E-state index >= 15 is 0 Å². The standard InChI is InChI=1S/C23H32FN5O3/c1-23(2,25)14-31-18-9-16-7-15(8-19(16)20(24)10-18)11-26-4-3-17-13-29(22(30)32-17)21-12-27-5-6-28-21/h6,9-10,12,15,17,26-27H,3-5,7-8,11,13-14,25H2,1-2H3/t15?,17-/m0/s1. The van der Waals surface area contributed by atoms with E-state index in [4.69, 9.17) is 15.2 Å². The predicted octanol–water partition coefficient (Wildman–Crippen LogP) is 1.93. The summed E-state index contributed by atoms with van der Waals surface area (Å²) < 4.78 is 25.7. The zero-order chi connectivity index (χ0) is 22.7. The van der Waals surface area contributed by atoms with Crippen LogP contribution in [0.3, 0.4) is 0 Å². The largest absolute Gasteiger partial charge is 0.492 e. The van der Waals surface area contributed by atoms with E-state index in [0.29, 0.717) is 50.0 Å². The van der Waals surface area contributed by atoms with Gasteiger partial charge in [0.1, 0.15) is 24.3 Å². The fourth-order valence-electron chi connectivity index (χ4n) is 4.20. The average Bonchev–Trinajstić information content (AvgIpc) is 3.33. The predicted molar refractivity (Wildman–Crippen MR) is 120 cm³/mol. The van der Waals surface area contributed by atoms with E-state index in [-0.39, 0.29) is 18.0 Å². The summed E-state index contributed by atoms with van der Waals surface area (Å²) >= 11 is 0. The summed E-state index contributed by atoms with van der Waals surface area (Å²) in [4.78, 5) is 17.9. The van der Waals surface area contributed by atoms with Crippen LogP contribution in [0.15, 0.2) is 29.1 Å². The lowest BCUT2D eigenvalue weighted by atomic mass is 10.1. The highest BCUT2D eigenvalue weighted by Gasteiger charge is 2.33. The van der Waals surface area contributed by atoms with Gasteiger partial charge >= 0.3 is 6.09 Å². The van der Waals surface area contributed by atoms with Crippen LogP contribution in [0.2, 0.25) is 0 Å². The molecule has 174 valence electrons. The Balaban J connectivity index is 1.20. The number of fused-ring (bicyclic) bond motifs is 1. The van der Waals surface area contributed by atoms with Gasteiger partial charge in [-0.3, -0.25) is 4.90 Å². The molecule has 4 rings (SSSR count). The molecule has 0 saturated carbocycles. The molecule has 0 radical (unpaired) electrons. The third-order valence-corrected chi connectivity index (χ3v) is 5.76. The van der Waals surface area contributed by atoms with Crippen LogP contribution in [0.25, 0.3) is 0 Å². The van der Waals surface area contributed by atoms with Crippen molar-refractivity contribution in [2.75, 3.05) is 32.8 Å². The lowest BCUT2D eigenvalue weighted by molar-refractivity contribution is 0.130. The molecule has 2 aliphatic heterocycles. The van der Waals surface area contributed by atoms with E-state index < -0.39 is 5.54 Å². The quantitative estimate of drug-likeness (QED) is 0.502. The number of nitrogens with two attached hydrogens (primary N) is 1. The molecule has 9 heteroatoms. The van der Waals surface area contributed by atoms with Gasteiger partial charge in [0.2, 0.25) is 0 Å². The molecule has 2 atom stereocenters. The van der Waals surface area contributed by atoms with Gasteiger partial charge in [0.15, 0.2) is 5.82 Å². The van der Waals surface area contributed by atoms with E-state index in [9.17, 15) is 9.18 Å². The number of benzene rings is 1. The van der Waals surface area contributed by atoms with E-state index in [2.05, 4.69) is 15.6 Å². The molecule has 1 saturated heterocycles. The van der Waals surface area contributed by atoms with E-state index in [1.54, 1.807) is 17.3 Å². The highest BCUT2D eigenvalue weighted by atomic mass is 19.1. The van der Waals surface area contributed by atoms with Gasteiger partial charge in [-0.2, -0.15) is 0 Å². The Morgan fingerprint density at radius 2 is 2.25 bits per heavy atom. The molecule has 1 amide bonds. The maximum absolute atomic E-state index is 14.6. The summed E-state index contributed by atoms with van der Waals surface area (Å²) in [7, 11) is 0. The zero-order valence-electron chi connectivity index (χ0n) is 18.7. The molecular formula is C23H32FN5O3. The first-order valence-electron chi connectivity index (χ1n) is 11.2. The number of carbonyl (C=O) groups is 1. The van der Waals surface area contributed by atoms with Gasteiger partial charge in [0.25, 0.3) is 0 Å². The number of aliphatic imine (C=N–C) groups is 1. The van der Waals surface area contributed by atoms with Crippen molar-refractivity contribution in [2.45, 2.75) is 44.8 Å². The molecule has 2 heterocycles. The van der Waals surface area contributed by atoms with Crippen molar-refractivity contribution < 1.29 is 18.7 Å². The molecule has 4 N–H and O–H groups in total. The molecule has 1 fully saturated rings. The number of hydrogen-bond acceptors (Lipinski definition) is 7. The SMILES string of the molecule is CC(C)(N)COc1cc(F)c2c(c1)CC(CNCC[C@H]1CN(C3=CNCC=N3)C(=O)O1)C2. The number of ether oxygens (including phenoxy) is 2. The van der Waals surface area contributed by atoms with Gasteiger partial charge in [-0.1, -0.05) is 0 Å². The number of halogens is 1. The smallest absolute Gasteiger partial charge is 0.415 e. The summed E-state index contributed by atoms with van der Waals surface area (Å²) in [6, 6.07) is 3.40. The molecule has 1 aromatic carbocycles. The van der Waals surface area contributed by atoms with Crippen molar-refractivity contribution in [2.24, 2.45) is 16.6 Å². The number of cyclic esters (lactones) is 1. The first-order valence-corrected chi connectivity index (χ1v) is 11.2. The molecule has 0 bridgehead atoms. The molecule has 1 aliphatic carbocycles. The van der Waals surface area contributed by atoms with Crippen LogP contribution in [-0.2, 0) is 17.6 Å². The number of nitrogens with zero attached hydrogens (tertiary/aromatic N) is 2. The van der Waals surface area contributed by atoms with Crippen LogP contribution < -0.4 is 21.1 Å². The minimum atomic E-state index is -0.468. The summed E-state index contributed by atoms with van der Waals surface area (Å²) in [5.41, 5.74) is 7.28. The van der Waals surface area contributed by atoms with E-state index in [1.165, 1.54) is 6.07 Å². The lowest BCUT2D eigenvalue weighted by Gasteiger charge is -2.19. The number of amides is 1. The third-order valence-electron chi connectivity index (χ3n) is 5.76. The first kappa shape index (κ1) is 22.5. The van der Waals surface area contributed by atoms with Crippen LogP contribution in [-0.4, -0.2) is 61.6 Å². The number of carbonyl (C=O) groups excluding carboxylic acids is 1. The Hall–Kier alpha value is -2.65. The zero-order valence-corrected chi connectivity index (χ0v) is 18.7. The molecule has 32 heavy (non-hydrogen) atoms. The fraction of sp³-hybridized carbons (Fsp3) is 0.565. The van der Waals surface area contributed by atoms with Crippen molar-refractivity contribution >= 4 is 12.3 Å². The van der Waals surface area contributed by atoms with Gasteiger partial charge in [0.05, 0.1) is 6.54 Å². The van der Waals surface area contributed by atoms with Gasteiger partial charge in [0, 0.05) is 30.6 Å². The average molecular weight is 446 g/mol. The van der Waals surface area contributed by atoms with Crippen molar-refractivity contribution in [1.29, 1.82) is 0 Å². The molecular weight excluding hydrogens is 413 g/mol. The van der Waals surface area contributed by atoms with Crippen LogP contribution in [0.4, 0.5) is 9.18 Å². The summed E-state index contributed by atoms with van der Waals surface area (Å²) in [6.07, 6.45) is 5.17. The van der Waals surface area contributed by atoms with Crippen LogP contribution in [0, 0.1) is 11.7 Å². The van der Waals surface area contributed by atoms with Crippen LogP contribution in [0.5, 0.6) is 5.75 Å². The topological polar surface area (TPSA) is 101 Å². The molecule has 1 aromatic rings. The number of nitrogens with one attached hydrogen (secondary N) is 2. The summed E-state index contributed by atoms with van der Waals surface area (Å²) in [5, 5.41) is 6.49. The monoisotopic (exact) mass is 445 g/mol.